The molecule has 0 aliphatic carbocycles. The zero-order valence-electron chi connectivity index (χ0n) is 14.7. The van der Waals surface area contributed by atoms with Crippen molar-refractivity contribution in [3.05, 3.63) is 94.2 Å². The molecule has 1 amide bonds. The Kier molecular flexibility index (Phi) is 6.60. The van der Waals surface area contributed by atoms with Gasteiger partial charge in [-0.3, -0.25) is 4.79 Å². The zero-order valence-corrected chi connectivity index (χ0v) is 16.3. The highest BCUT2D eigenvalue weighted by Gasteiger charge is 2.08. The van der Waals surface area contributed by atoms with Crippen LogP contribution in [0.5, 0.6) is 0 Å². The molecule has 0 spiro atoms. The summed E-state index contributed by atoms with van der Waals surface area (Å²) in [4.78, 5) is 12.2. The lowest BCUT2D eigenvalue weighted by atomic mass is 10.1. The third kappa shape index (κ3) is 5.93. The van der Waals surface area contributed by atoms with Crippen LogP contribution in [0, 0.1) is 5.82 Å². The van der Waals surface area contributed by atoms with Crippen molar-refractivity contribution in [2.24, 2.45) is 0 Å². The van der Waals surface area contributed by atoms with Crippen LogP contribution in [0.25, 0.3) is 0 Å². The number of aryl methyl sites for hydroxylation is 1. The van der Waals surface area contributed by atoms with E-state index in [9.17, 15) is 9.18 Å². The van der Waals surface area contributed by atoms with E-state index in [-0.39, 0.29) is 11.6 Å². The van der Waals surface area contributed by atoms with Gasteiger partial charge in [-0.05, 0) is 47.9 Å². The van der Waals surface area contributed by atoms with Crippen molar-refractivity contribution < 1.29 is 9.18 Å². The van der Waals surface area contributed by atoms with E-state index in [0.29, 0.717) is 19.4 Å². The lowest BCUT2D eigenvalue weighted by Gasteiger charge is -2.11. The molecule has 0 radical (unpaired) electrons. The number of hydrogen-bond acceptors (Lipinski definition) is 2. The number of anilines is 2. The molecule has 3 aromatic carbocycles. The summed E-state index contributed by atoms with van der Waals surface area (Å²) >= 11 is 3.41. The highest BCUT2D eigenvalue weighted by atomic mass is 79.9. The van der Waals surface area contributed by atoms with Gasteiger partial charge < -0.3 is 10.6 Å². The highest BCUT2D eigenvalue weighted by Crippen LogP contribution is 2.21. The lowest BCUT2D eigenvalue weighted by molar-refractivity contribution is -0.116. The zero-order chi connectivity index (χ0) is 19.1. The maximum atomic E-state index is 14.1. The molecular formula is C22H20BrFN2O. The third-order valence-corrected chi connectivity index (χ3v) is 4.66. The van der Waals surface area contributed by atoms with Crippen LogP contribution < -0.4 is 10.6 Å². The Labute approximate surface area is 166 Å². The van der Waals surface area contributed by atoms with Gasteiger partial charge in [0, 0.05) is 23.1 Å². The van der Waals surface area contributed by atoms with E-state index in [0.717, 1.165) is 21.3 Å². The van der Waals surface area contributed by atoms with Crippen molar-refractivity contribution in [3.63, 3.8) is 0 Å². The predicted octanol–water partition coefficient (Wildman–Crippen LogP) is 5.77. The summed E-state index contributed by atoms with van der Waals surface area (Å²) in [6.07, 6.45) is 0.926. The summed E-state index contributed by atoms with van der Waals surface area (Å²) in [5, 5.41) is 5.91. The van der Waals surface area contributed by atoms with Gasteiger partial charge in [-0.25, -0.2) is 4.39 Å². The molecule has 0 aliphatic heterocycles. The van der Waals surface area contributed by atoms with E-state index in [1.54, 1.807) is 12.1 Å². The van der Waals surface area contributed by atoms with Crippen molar-refractivity contribution in [2.75, 3.05) is 10.6 Å². The molecule has 27 heavy (non-hydrogen) atoms. The summed E-state index contributed by atoms with van der Waals surface area (Å²) in [6.45, 7) is 0.611. The van der Waals surface area contributed by atoms with Gasteiger partial charge >= 0.3 is 0 Å². The van der Waals surface area contributed by atoms with Crippen LogP contribution in [-0.4, -0.2) is 5.91 Å². The number of carbonyl (C=O) groups is 1. The Bertz CT molecular complexity index is 898. The van der Waals surface area contributed by atoms with E-state index >= 15 is 0 Å². The maximum Gasteiger partial charge on any atom is 0.224 e. The summed E-state index contributed by atoms with van der Waals surface area (Å²) in [5.41, 5.74) is 3.13. The summed E-state index contributed by atoms with van der Waals surface area (Å²) in [7, 11) is 0. The fourth-order valence-electron chi connectivity index (χ4n) is 2.65. The fraction of sp³-hybridized carbons (Fsp3) is 0.136. The first-order valence-corrected chi connectivity index (χ1v) is 9.51. The van der Waals surface area contributed by atoms with Crippen molar-refractivity contribution in [3.8, 4) is 0 Å². The van der Waals surface area contributed by atoms with Gasteiger partial charge in [0.2, 0.25) is 5.91 Å². The molecule has 0 saturated heterocycles. The van der Waals surface area contributed by atoms with Crippen molar-refractivity contribution in [1.82, 2.24) is 0 Å². The minimum atomic E-state index is -0.447. The molecule has 0 saturated carbocycles. The molecule has 3 nitrogen and oxygen atoms in total. The molecule has 0 aliphatic rings. The second-order valence-electron chi connectivity index (χ2n) is 6.21. The van der Waals surface area contributed by atoms with E-state index in [4.69, 9.17) is 0 Å². The van der Waals surface area contributed by atoms with E-state index in [2.05, 4.69) is 26.6 Å². The largest absolute Gasteiger partial charge is 0.381 e. The number of halogens is 2. The van der Waals surface area contributed by atoms with Gasteiger partial charge in [0.25, 0.3) is 0 Å². The average molecular weight is 427 g/mol. The Morgan fingerprint density at radius 3 is 2.41 bits per heavy atom. The quantitative estimate of drug-likeness (QED) is 0.503. The molecular weight excluding hydrogens is 407 g/mol. The Morgan fingerprint density at radius 1 is 0.926 bits per heavy atom. The number of nitrogens with one attached hydrogen (secondary N) is 2. The smallest absolute Gasteiger partial charge is 0.224 e. The number of carbonyl (C=O) groups excluding carboxylic acids is 1. The van der Waals surface area contributed by atoms with Crippen molar-refractivity contribution >= 4 is 33.2 Å². The van der Waals surface area contributed by atoms with Crippen LogP contribution in [0.4, 0.5) is 15.8 Å². The van der Waals surface area contributed by atoms with Gasteiger partial charge in [0.05, 0.1) is 5.69 Å². The van der Waals surface area contributed by atoms with E-state index in [1.165, 1.54) is 6.07 Å². The van der Waals surface area contributed by atoms with Gasteiger partial charge in [-0.2, -0.15) is 0 Å². The maximum absolute atomic E-state index is 14.1. The number of benzene rings is 3. The second-order valence-corrected chi connectivity index (χ2v) is 7.12. The van der Waals surface area contributed by atoms with Crippen LogP contribution in [0.3, 0.4) is 0 Å². The molecule has 0 fully saturated rings. The van der Waals surface area contributed by atoms with Crippen LogP contribution in [0.15, 0.2) is 77.3 Å². The average Bonchev–Trinajstić information content (AvgIpc) is 2.69. The van der Waals surface area contributed by atoms with Gasteiger partial charge in [-0.15, -0.1) is 0 Å². The Hall–Kier alpha value is -2.66. The standard InChI is InChI=1S/C22H20BrFN2O/c23-18-9-6-17(7-10-18)15-25-19-11-12-20(24)21(14-19)26-22(27)13-8-16-4-2-1-3-5-16/h1-7,9-12,14,25H,8,13,15H2,(H,26,27). The molecule has 138 valence electrons. The van der Waals surface area contributed by atoms with E-state index < -0.39 is 5.82 Å². The molecule has 0 aromatic heterocycles. The number of amides is 1. The van der Waals surface area contributed by atoms with Gasteiger partial charge in [0.15, 0.2) is 0 Å². The second kappa shape index (κ2) is 9.33. The van der Waals surface area contributed by atoms with Gasteiger partial charge in [0.1, 0.15) is 5.82 Å². The Morgan fingerprint density at radius 2 is 1.67 bits per heavy atom. The molecule has 0 heterocycles. The molecule has 0 unspecified atom stereocenters. The first kappa shape index (κ1) is 19.1. The monoisotopic (exact) mass is 426 g/mol. The predicted molar refractivity (Wildman–Crippen MR) is 111 cm³/mol. The number of rotatable bonds is 7. The number of hydrogen-bond donors (Lipinski definition) is 2. The van der Waals surface area contributed by atoms with Crippen LogP contribution >= 0.6 is 15.9 Å². The minimum Gasteiger partial charge on any atom is -0.381 e. The molecule has 3 aromatic rings. The Balaban J connectivity index is 1.57. The topological polar surface area (TPSA) is 41.1 Å². The normalized spacial score (nSPS) is 10.4. The molecule has 2 N–H and O–H groups in total. The van der Waals surface area contributed by atoms with Gasteiger partial charge in [-0.1, -0.05) is 58.4 Å². The highest BCUT2D eigenvalue weighted by molar-refractivity contribution is 9.10. The molecule has 5 heteroatoms. The fourth-order valence-corrected chi connectivity index (χ4v) is 2.92. The van der Waals surface area contributed by atoms with Crippen molar-refractivity contribution in [1.29, 1.82) is 0 Å². The molecule has 3 rings (SSSR count). The third-order valence-electron chi connectivity index (χ3n) is 4.13. The minimum absolute atomic E-state index is 0.189. The van der Waals surface area contributed by atoms with E-state index in [1.807, 2.05) is 54.6 Å². The summed E-state index contributed by atoms with van der Waals surface area (Å²) in [5.74, 6) is -0.653. The first-order valence-electron chi connectivity index (χ1n) is 8.72. The van der Waals surface area contributed by atoms with Crippen molar-refractivity contribution in [2.45, 2.75) is 19.4 Å². The first-order chi connectivity index (χ1) is 13.1. The van der Waals surface area contributed by atoms with Crippen LogP contribution in [0.1, 0.15) is 17.5 Å². The van der Waals surface area contributed by atoms with Crippen LogP contribution in [-0.2, 0) is 17.8 Å². The summed E-state index contributed by atoms with van der Waals surface area (Å²) in [6, 6.07) is 22.4. The van der Waals surface area contributed by atoms with Crippen LogP contribution in [0.2, 0.25) is 0 Å². The SMILES string of the molecule is O=C(CCc1ccccc1)Nc1cc(NCc2ccc(Br)cc2)ccc1F. The summed E-state index contributed by atoms with van der Waals surface area (Å²) < 4.78 is 15.1. The molecule has 0 atom stereocenters. The molecule has 0 bridgehead atoms. The lowest BCUT2D eigenvalue weighted by Crippen LogP contribution is -2.13.